The summed E-state index contributed by atoms with van der Waals surface area (Å²) < 4.78 is 0.666. The molecule has 0 radical (unpaired) electrons. The first-order chi connectivity index (χ1) is 16.8. The second-order valence-electron chi connectivity index (χ2n) is 7.97. The third kappa shape index (κ3) is 8.98. The van der Waals surface area contributed by atoms with E-state index in [1.165, 1.54) is 5.56 Å². The highest BCUT2D eigenvalue weighted by molar-refractivity contribution is 9.10. The number of unbranched alkanes of at least 4 members (excludes halogenated alkanes) is 1. The molecule has 0 fully saturated rings. The summed E-state index contributed by atoms with van der Waals surface area (Å²) in [5, 5.41) is 6.64. The average Bonchev–Trinajstić information content (AvgIpc) is 2.83. The topological polar surface area (TPSA) is 82.3 Å². The molecular weight excluding hydrogens is 548 g/mol. The minimum atomic E-state index is -0.407. The molecular formula is C26H26BrClN4O2S. The molecule has 4 N–H and O–H groups in total. The van der Waals surface area contributed by atoms with Gasteiger partial charge in [-0.15, -0.1) is 0 Å². The Morgan fingerprint density at radius 2 is 1.69 bits per heavy atom. The first-order valence-electron chi connectivity index (χ1n) is 11.1. The molecule has 0 unspecified atom stereocenters. The molecule has 0 aromatic heterocycles. The Morgan fingerprint density at radius 3 is 2.43 bits per heavy atom. The van der Waals surface area contributed by atoms with E-state index in [0.29, 0.717) is 32.9 Å². The quantitative estimate of drug-likeness (QED) is 0.143. The number of rotatable bonds is 8. The summed E-state index contributed by atoms with van der Waals surface area (Å²) in [6, 6.07) is 20.7. The van der Waals surface area contributed by atoms with E-state index in [-0.39, 0.29) is 11.0 Å². The molecule has 0 aliphatic carbocycles. The van der Waals surface area contributed by atoms with Crippen LogP contribution in [0.3, 0.4) is 0 Å². The van der Waals surface area contributed by atoms with Gasteiger partial charge in [0, 0.05) is 32.9 Å². The first-order valence-corrected chi connectivity index (χ1v) is 12.7. The molecule has 9 heteroatoms. The van der Waals surface area contributed by atoms with Crippen molar-refractivity contribution in [1.82, 2.24) is 10.9 Å². The number of nitrogens with one attached hydrogen (secondary N) is 4. The number of amides is 2. The summed E-state index contributed by atoms with van der Waals surface area (Å²) in [4.78, 5) is 25.0. The third-order valence-electron chi connectivity index (χ3n) is 5.13. The standard InChI is InChI=1S/C26H26BrClN4O2S/c1-17-11-12-21(16-23(17)28)30-26(35)32-31-25(34)19-13-20(27)15-22(14-19)29-24(33)10-6-5-9-18-7-3-2-4-8-18/h2-4,7-8,11-16H,5-6,9-10H2,1H3,(H,29,33)(H,31,34)(H2,30,32,35). The molecule has 3 aromatic rings. The van der Waals surface area contributed by atoms with Gasteiger partial charge in [0.15, 0.2) is 5.11 Å². The number of carbonyl (C=O) groups excluding carboxylic acids is 2. The van der Waals surface area contributed by atoms with Crippen LogP contribution >= 0.6 is 39.7 Å². The van der Waals surface area contributed by atoms with Crippen LogP contribution in [0.15, 0.2) is 71.2 Å². The van der Waals surface area contributed by atoms with Gasteiger partial charge < -0.3 is 10.6 Å². The minimum Gasteiger partial charge on any atom is -0.331 e. The Balaban J connectivity index is 1.47. The van der Waals surface area contributed by atoms with Crippen molar-refractivity contribution < 1.29 is 9.59 Å². The Bertz CT molecular complexity index is 1210. The second-order valence-corrected chi connectivity index (χ2v) is 9.70. The number of anilines is 2. The number of hydrogen-bond acceptors (Lipinski definition) is 3. The van der Waals surface area contributed by atoms with Crippen molar-refractivity contribution in [3.63, 3.8) is 0 Å². The van der Waals surface area contributed by atoms with Crippen molar-refractivity contribution >= 4 is 68.1 Å². The van der Waals surface area contributed by atoms with E-state index in [4.69, 9.17) is 23.8 Å². The maximum atomic E-state index is 12.6. The molecule has 0 saturated heterocycles. The van der Waals surface area contributed by atoms with E-state index < -0.39 is 5.91 Å². The number of halogens is 2. The zero-order valence-corrected chi connectivity index (χ0v) is 22.3. The highest BCUT2D eigenvalue weighted by atomic mass is 79.9. The van der Waals surface area contributed by atoms with E-state index in [1.807, 2.05) is 37.3 Å². The van der Waals surface area contributed by atoms with Gasteiger partial charge >= 0.3 is 0 Å². The summed E-state index contributed by atoms with van der Waals surface area (Å²) in [6.45, 7) is 1.91. The zero-order valence-electron chi connectivity index (χ0n) is 19.2. The Kier molecular flexibility index (Phi) is 10.1. The second kappa shape index (κ2) is 13.2. The molecule has 0 aliphatic heterocycles. The molecule has 0 heterocycles. The first kappa shape index (κ1) is 26.7. The van der Waals surface area contributed by atoms with E-state index >= 15 is 0 Å². The molecule has 182 valence electrons. The lowest BCUT2D eigenvalue weighted by Crippen LogP contribution is -2.43. The molecule has 0 atom stereocenters. The van der Waals surface area contributed by atoms with E-state index in [9.17, 15) is 9.59 Å². The summed E-state index contributed by atoms with van der Waals surface area (Å²) in [5.74, 6) is -0.501. The highest BCUT2D eigenvalue weighted by Gasteiger charge is 2.11. The molecule has 35 heavy (non-hydrogen) atoms. The number of benzene rings is 3. The van der Waals surface area contributed by atoms with Crippen molar-refractivity contribution in [3.8, 4) is 0 Å². The lowest BCUT2D eigenvalue weighted by molar-refractivity contribution is -0.116. The van der Waals surface area contributed by atoms with Crippen LogP contribution in [0.4, 0.5) is 11.4 Å². The van der Waals surface area contributed by atoms with Crippen LogP contribution in [0.2, 0.25) is 5.02 Å². The largest absolute Gasteiger partial charge is 0.331 e. The van der Waals surface area contributed by atoms with Crippen LogP contribution in [0.1, 0.15) is 40.7 Å². The van der Waals surface area contributed by atoms with Crippen molar-refractivity contribution in [2.45, 2.75) is 32.6 Å². The molecule has 0 spiro atoms. The van der Waals surface area contributed by atoms with E-state index in [2.05, 4.69) is 49.5 Å². The van der Waals surface area contributed by atoms with Gasteiger partial charge in [0.25, 0.3) is 5.91 Å². The Hall–Kier alpha value is -2.94. The van der Waals surface area contributed by atoms with Gasteiger partial charge in [-0.25, -0.2) is 0 Å². The molecule has 2 amide bonds. The fraction of sp³-hybridized carbons (Fsp3) is 0.192. The number of aryl methyl sites for hydroxylation is 2. The van der Waals surface area contributed by atoms with Crippen LogP contribution in [0, 0.1) is 6.92 Å². The molecule has 3 rings (SSSR count). The van der Waals surface area contributed by atoms with Gasteiger partial charge in [0.05, 0.1) is 0 Å². The van der Waals surface area contributed by atoms with Crippen molar-refractivity contribution in [2.75, 3.05) is 10.6 Å². The van der Waals surface area contributed by atoms with Gasteiger partial charge in [0.2, 0.25) is 5.91 Å². The summed E-state index contributed by atoms with van der Waals surface area (Å²) in [5.41, 5.74) is 9.02. The SMILES string of the molecule is Cc1ccc(NC(=S)NNC(=O)c2cc(Br)cc(NC(=O)CCCCc3ccccc3)c2)cc1Cl. The summed E-state index contributed by atoms with van der Waals surface area (Å²) in [7, 11) is 0. The lowest BCUT2D eigenvalue weighted by Gasteiger charge is -2.13. The average molecular weight is 574 g/mol. The van der Waals surface area contributed by atoms with E-state index in [1.54, 1.807) is 24.3 Å². The van der Waals surface area contributed by atoms with Crippen LogP contribution in [0.5, 0.6) is 0 Å². The van der Waals surface area contributed by atoms with Gasteiger partial charge in [-0.1, -0.05) is 63.9 Å². The van der Waals surface area contributed by atoms with Crippen LogP contribution in [-0.2, 0) is 11.2 Å². The maximum absolute atomic E-state index is 12.6. The van der Waals surface area contributed by atoms with Crippen LogP contribution in [0.25, 0.3) is 0 Å². The molecule has 0 saturated carbocycles. The number of thiocarbonyl (C=S) groups is 1. The van der Waals surface area contributed by atoms with Gasteiger partial charge in [0.1, 0.15) is 0 Å². The third-order valence-corrected chi connectivity index (χ3v) is 6.19. The zero-order chi connectivity index (χ0) is 25.2. The summed E-state index contributed by atoms with van der Waals surface area (Å²) >= 11 is 14.7. The number of carbonyl (C=O) groups is 2. The van der Waals surface area contributed by atoms with Crippen LogP contribution in [-0.4, -0.2) is 16.9 Å². The monoisotopic (exact) mass is 572 g/mol. The van der Waals surface area contributed by atoms with E-state index in [0.717, 1.165) is 24.8 Å². The predicted molar refractivity (Wildman–Crippen MR) is 150 cm³/mol. The normalized spacial score (nSPS) is 10.4. The molecule has 0 bridgehead atoms. The molecule has 3 aromatic carbocycles. The maximum Gasteiger partial charge on any atom is 0.269 e. The lowest BCUT2D eigenvalue weighted by atomic mass is 10.1. The fourth-order valence-corrected chi connectivity index (χ4v) is 4.14. The molecule has 6 nitrogen and oxygen atoms in total. The van der Waals surface area contributed by atoms with Crippen molar-refractivity contribution in [3.05, 3.63) is 92.9 Å². The Labute approximate surface area is 223 Å². The number of hydrogen-bond donors (Lipinski definition) is 4. The van der Waals surface area contributed by atoms with Gasteiger partial charge in [-0.3, -0.25) is 20.4 Å². The smallest absolute Gasteiger partial charge is 0.269 e. The highest BCUT2D eigenvalue weighted by Crippen LogP contribution is 2.21. The Morgan fingerprint density at radius 1 is 0.914 bits per heavy atom. The van der Waals surface area contributed by atoms with Gasteiger partial charge in [-0.05, 0) is 79.9 Å². The molecule has 0 aliphatic rings. The predicted octanol–water partition coefficient (Wildman–Crippen LogP) is 6.39. The fourth-order valence-electron chi connectivity index (χ4n) is 3.29. The minimum absolute atomic E-state index is 0.0946. The van der Waals surface area contributed by atoms with Gasteiger partial charge in [-0.2, -0.15) is 0 Å². The summed E-state index contributed by atoms with van der Waals surface area (Å²) in [6.07, 6.45) is 3.06. The van der Waals surface area contributed by atoms with Crippen molar-refractivity contribution in [2.24, 2.45) is 0 Å². The van der Waals surface area contributed by atoms with Crippen molar-refractivity contribution in [1.29, 1.82) is 0 Å². The number of hydrazine groups is 1. The van der Waals surface area contributed by atoms with Crippen LogP contribution < -0.4 is 21.5 Å².